The monoisotopic (exact) mass is 494 g/mol. The smallest absolute Gasteiger partial charge is 0.228 e. The molecule has 0 bridgehead atoms. The zero-order valence-corrected chi connectivity index (χ0v) is 18.3. The second-order valence-corrected chi connectivity index (χ2v) is 11.0. The van der Waals surface area contributed by atoms with Crippen LogP contribution in [-0.4, -0.2) is 65.3 Å². The molecule has 1 aliphatic heterocycles. The van der Waals surface area contributed by atoms with Gasteiger partial charge in [0.05, 0.1) is 23.6 Å². The van der Waals surface area contributed by atoms with E-state index in [0.29, 0.717) is 18.7 Å². The number of rotatable bonds is 5. The molecule has 2 fully saturated rings. The topological polar surface area (TPSA) is 93.9 Å². The summed E-state index contributed by atoms with van der Waals surface area (Å²) in [6.45, 7) is 9.82. The van der Waals surface area contributed by atoms with Gasteiger partial charge in [0.2, 0.25) is 15.7 Å². The number of fused-ring (bicyclic) bond motifs is 1. The number of nitrogens with zero attached hydrogens (tertiary/aromatic N) is 4. The molecule has 3 heterocycles. The Labute approximate surface area is 223 Å². The lowest BCUT2D eigenvalue weighted by Gasteiger charge is -2.37. The normalized spacial score (nSPS) is 27.9. The van der Waals surface area contributed by atoms with E-state index < -0.39 is 15.6 Å². The summed E-state index contributed by atoms with van der Waals surface area (Å²) < 4.78 is 27.0. The second kappa shape index (κ2) is 7.84. The van der Waals surface area contributed by atoms with Crippen molar-refractivity contribution in [3.8, 4) is 0 Å². The third kappa shape index (κ3) is 4.04. The Balaban J connectivity index is -0.0000000135. The molecule has 2 N–H and O–H groups in total. The van der Waals surface area contributed by atoms with Gasteiger partial charge in [-0.3, -0.25) is 4.98 Å². The van der Waals surface area contributed by atoms with Crippen LogP contribution in [-0.2, 0) is 10.0 Å². The molecule has 0 amide bonds. The molecule has 2 aliphatic rings. The van der Waals surface area contributed by atoms with E-state index in [1.807, 2.05) is 19.3 Å². The fraction of sp³-hybridized carbons (Fsp3) is 0.619. The highest BCUT2D eigenvalue weighted by atomic mass is 32.2. The lowest BCUT2D eigenvalue weighted by atomic mass is 9.86. The van der Waals surface area contributed by atoms with Crippen molar-refractivity contribution in [1.82, 2.24) is 14.3 Å². The van der Waals surface area contributed by atoms with E-state index in [0.717, 1.165) is 42.4 Å². The van der Waals surface area contributed by atoms with E-state index in [1.165, 1.54) is 4.31 Å². The summed E-state index contributed by atoms with van der Waals surface area (Å²) >= 11 is 0. The number of aromatic amines is 1. The van der Waals surface area contributed by atoms with Gasteiger partial charge in [0.15, 0.2) is 0 Å². The Morgan fingerprint density at radius 3 is 2.80 bits per heavy atom. The van der Waals surface area contributed by atoms with Gasteiger partial charge in [-0.25, -0.2) is 13.3 Å². The first-order valence-corrected chi connectivity index (χ1v) is 12.1. The molecule has 1 aliphatic carbocycles. The van der Waals surface area contributed by atoms with Crippen molar-refractivity contribution in [2.75, 3.05) is 30.8 Å². The molecule has 8 nitrogen and oxygen atoms in total. The van der Waals surface area contributed by atoms with Crippen molar-refractivity contribution < 1.29 is 57.8 Å². The number of aliphatic hydroxyl groups is 1. The van der Waals surface area contributed by atoms with Crippen molar-refractivity contribution in [3.05, 3.63) is 29.9 Å². The van der Waals surface area contributed by atoms with Crippen LogP contribution in [0.4, 0.5) is 11.4 Å². The third-order valence-corrected chi connectivity index (χ3v) is 8.62. The van der Waals surface area contributed by atoms with Gasteiger partial charge >= 0.3 is 0 Å². The highest BCUT2D eigenvalue weighted by Gasteiger charge is 2.39. The van der Waals surface area contributed by atoms with Gasteiger partial charge in [-0.1, -0.05) is 0 Å². The van der Waals surface area contributed by atoms with Crippen LogP contribution >= 0.6 is 0 Å². The van der Waals surface area contributed by atoms with Crippen LogP contribution in [0.15, 0.2) is 18.5 Å². The molecule has 224 valence electrons. The lowest BCUT2D eigenvalue weighted by molar-refractivity contribution is 0.0762. The Morgan fingerprint density at radius 1 is 1.43 bits per heavy atom. The first-order valence-electron chi connectivity index (χ1n) is 10.5. The number of anilines is 1. The van der Waals surface area contributed by atoms with Gasteiger partial charge in [-0.05, 0) is 51.0 Å². The number of pyridine rings is 1. The molecule has 30 heavy (non-hydrogen) atoms. The van der Waals surface area contributed by atoms with E-state index in [-0.39, 0.29) is 68.5 Å². The average molecular weight is 494 g/mol. The van der Waals surface area contributed by atoms with Gasteiger partial charge in [0.25, 0.3) is 0 Å². The average Bonchev–Trinajstić information content (AvgIpc) is 3.33. The minimum atomic E-state index is -3.34. The van der Waals surface area contributed by atoms with Crippen molar-refractivity contribution in [1.29, 1.82) is 0 Å². The summed E-state index contributed by atoms with van der Waals surface area (Å²) in [6, 6.07) is 2.21. The van der Waals surface area contributed by atoms with Crippen molar-refractivity contribution in [3.63, 3.8) is 0 Å². The summed E-state index contributed by atoms with van der Waals surface area (Å²) in [4.78, 5) is 13.3. The minimum absolute atomic E-state index is 0. The van der Waals surface area contributed by atoms with Gasteiger partial charge in [0, 0.05) is 88.2 Å². The number of sulfonamides is 1. The number of aromatic nitrogens is 2. The summed E-state index contributed by atoms with van der Waals surface area (Å²) in [5.41, 5.74) is 1.29. The maximum atomic E-state index is 12.8. The highest BCUT2D eigenvalue weighted by Crippen LogP contribution is 2.39. The molecule has 0 spiro atoms. The van der Waals surface area contributed by atoms with Crippen LogP contribution in [0.25, 0.3) is 15.9 Å². The van der Waals surface area contributed by atoms with Crippen molar-refractivity contribution >= 4 is 32.4 Å². The first-order chi connectivity index (χ1) is 14.2. The summed E-state index contributed by atoms with van der Waals surface area (Å²) in [5, 5.41) is 11.0. The molecular formula is C21H91N5O3S. The number of hydrogen-bond donors (Lipinski definition) is 2. The highest BCUT2D eigenvalue weighted by molar-refractivity contribution is 7.89. The molecule has 0 radical (unpaired) electrons. The standard InChI is InChI=1S/C21H29N5O3S.31H2/c1-21(27)9-11-26(14-21)30(28,29)13-15-4-6-16(7-5-15)25(3)19-17-8-10-23-20(17)24-12-18(19)22-2;;;;;;;;;;;;;;;;;;;;;;;;;;;;;;;/h8,10,12,15-16,27H,4-7,9,11,13-14H2,1,3H3,(H,23,24);31*1H. The molecule has 1 saturated heterocycles. The summed E-state index contributed by atoms with van der Waals surface area (Å²) in [7, 11) is -1.33. The number of hydrogen-bond acceptors (Lipinski definition) is 5. The quantitative estimate of drug-likeness (QED) is 0.404. The van der Waals surface area contributed by atoms with Crippen LogP contribution < -0.4 is 4.90 Å². The fourth-order valence-corrected chi connectivity index (χ4v) is 6.85. The number of H-pyrrole nitrogens is 1. The fourth-order valence-electron chi connectivity index (χ4n) is 4.86. The van der Waals surface area contributed by atoms with Crippen LogP contribution in [0.3, 0.4) is 0 Å². The van der Waals surface area contributed by atoms with Crippen LogP contribution in [0.1, 0.15) is 83.3 Å². The van der Waals surface area contributed by atoms with Crippen molar-refractivity contribution in [2.45, 2.75) is 50.7 Å². The molecule has 1 atom stereocenters. The van der Waals surface area contributed by atoms with Gasteiger partial charge in [0.1, 0.15) is 5.65 Å². The predicted octanol–water partition coefficient (Wildman–Crippen LogP) is 10.5. The lowest BCUT2D eigenvalue weighted by Crippen LogP contribution is -2.40. The summed E-state index contributed by atoms with van der Waals surface area (Å²) in [5.74, 6) is 0.291. The Morgan fingerprint density at radius 2 is 2.17 bits per heavy atom. The largest absolute Gasteiger partial charge is 0.389 e. The van der Waals surface area contributed by atoms with E-state index in [4.69, 9.17) is 6.57 Å². The molecule has 0 aromatic carbocycles. The molecule has 9 heteroatoms. The molecule has 2 aromatic rings. The van der Waals surface area contributed by atoms with Crippen LogP contribution in [0, 0.1) is 12.5 Å². The molecule has 1 unspecified atom stereocenters. The molecule has 1 saturated carbocycles. The number of β-amino-alcohol motifs (C(OH)–C–C–N with tert-alkyl or cyclic N) is 1. The Hall–Kier alpha value is -2.15. The van der Waals surface area contributed by atoms with E-state index in [9.17, 15) is 13.5 Å². The molecular weight excluding hydrogens is 402 g/mol. The number of nitrogens with one attached hydrogen (secondary N) is 1. The van der Waals surface area contributed by atoms with E-state index in [1.54, 1.807) is 13.1 Å². The zero-order valence-electron chi connectivity index (χ0n) is 17.5. The van der Waals surface area contributed by atoms with Crippen LogP contribution in [0.5, 0.6) is 0 Å². The van der Waals surface area contributed by atoms with Gasteiger partial charge in [-0.2, -0.15) is 4.31 Å². The summed E-state index contributed by atoms with van der Waals surface area (Å²) in [6.07, 6.45) is 7.40. The Bertz CT molecular complexity index is 1120. The second-order valence-electron chi connectivity index (χ2n) is 8.99. The molecule has 4 rings (SSSR count). The predicted molar refractivity (Wildman–Crippen MR) is 183 cm³/mol. The molecule has 2 aromatic heterocycles. The Kier molecular flexibility index (Phi) is 5.51. The minimum Gasteiger partial charge on any atom is -0.389 e. The van der Waals surface area contributed by atoms with Gasteiger partial charge in [-0.15, -0.1) is 0 Å². The third-order valence-electron chi connectivity index (χ3n) is 6.63. The van der Waals surface area contributed by atoms with E-state index >= 15 is 0 Å². The van der Waals surface area contributed by atoms with E-state index in [2.05, 4.69) is 19.7 Å². The van der Waals surface area contributed by atoms with Crippen molar-refractivity contribution in [2.24, 2.45) is 5.92 Å². The maximum Gasteiger partial charge on any atom is 0.228 e. The van der Waals surface area contributed by atoms with Crippen LogP contribution in [0.2, 0.25) is 0 Å². The maximum absolute atomic E-state index is 12.8. The SMILES string of the molecule is [C-]#[N+]c1cnc2[nH]ccc2c1N(C)C1CCC(CS(=O)(=O)N2CCC(C)(O)C2)CC1.[HH].[HH].[HH].[HH].[HH].[HH].[HH].[HH].[HH].[HH].[HH].[HH].[HH].[HH].[HH].[HH].[HH].[HH].[HH].[HH].[HH].[HH].[HH].[HH].[HH].[HH].[HH].[HH].[HH].[HH].[HH]. The zero-order chi connectivity index (χ0) is 21.5. The van der Waals surface area contributed by atoms with Gasteiger partial charge < -0.3 is 15.0 Å². The first kappa shape index (κ1) is 21.1.